The number of rotatable bonds is 5. The number of amides is 1. The Hall–Kier alpha value is -2.79. The van der Waals surface area contributed by atoms with Crippen LogP contribution in [0.15, 0.2) is 59.9 Å². The molecule has 1 aromatic carbocycles. The molecule has 6 rings (SSSR count). The SMILES string of the molecule is CN1CC2COCC1CN2S(=O)(=O)c1ccc(CNC(=O)c2ccc3nccn3c2)cc1. The van der Waals surface area contributed by atoms with E-state index in [1.165, 1.54) is 0 Å². The zero-order valence-corrected chi connectivity index (χ0v) is 18.5. The molecule has 2 aromatic heterocycles. The van der Waals surface area contributed by atoms with Crippen LogP contribution in [0.2, 0.25) is 0 Å². The van der Waals surface area contributed by atoms with Gasteiger partial charge in [0.05, 0.1) is 29.7 Å². The smallest absolute Gasteiger partial charge is 0.253 e. The summed E-state index contributed by atoms with van der Waals surface area (Å²) in [7, 11) is -1.61. The number of piperazine rings is 1. The Balaban J connectivity index is 1.26. The van der Waals surface area contributed by atoms with Crippen molar-refractivity contribution in [3.63, 3.8) is 0 Å². The summed E-state index contributed by atoms with van der Waals surface area (Å²) < 4.78 is 35.5. The standard InChI is InChI=1S/C22H25N5O4S/c1-25-12-19-15-31-14-18(25)13-27(19)32(29,30)20-5-2-16(3-6-20)10-24-22(28)17-4-7-21-23-8-9-26(21)11-17/h2-9,11,18-19H,10,12-15H2,1H3,(H,24,28). The predicted octanol–water partition coefficient (Wildman–Crippen LogP) is 0.968. The maximum Gasteiger partial charge on any atom is 0.253 e. The number of aromatic nitrogens is 2. The molecule has 3 aromatic rings. The molecule has 5 heterocycles. The average molecular weight is 456 g/mol. The van der Waals surface area contributed by atoms with E-state index in [0.29, 0.717) is 38.4 Å². The summed E-state index contributed by atoms with van der Waals surface area (Å²) in [6.07, 6.45) is 5.18. The summed E-state index contributed by atoms with van der Waals surface area (Å²) in [5, 5.41) is 2.87. The summed E-state index contributed by atoms with van der Waals surface area (Å²) in [6.45, 7) is 2.36. The first-order valence-electron chi connectivity index (χ1n) is 10.5. The van der Waals surface area contributed by atoms with Crippen LogP contribution in [0.25, 0.3) is 5.65 Å². The lowest BCUT2D eigenvalue weighted by Crippen LogP contribution is -2.58. The summed E-state index contributed by atoms with van der Waals surface area (Å²) in [5.41, 5.74) is 2.12. The van der Waals surface area contributed by atoms with Crippen LogP contribution in [0.1, 0.15) is 15.9 Å². The van der Waals surface area contributed by atoms with Gasteiger partial charge in [-0.2, -0.15) is 4.31 Å². The van der Waals surface area contributed by atoms with Gasteiger partial charge in [-0.25, -0.2) is 13.4 Å². The normalized spacial score (nSPS) is 22.2. The minimum Gasteiger partial charge on any atom is -0.378 e. The van der Waals surface area contributed by atoms with Crippen molar-refractivity contribution in [3.8, 4) is 0 Å². The van der Waals surface area contributed by atoms with E-state index in [0.717, 1.165) is 11.2 Å². The number of hydrogen-bond acceptors (Lipinski definition) is 6. The second kappa shape index (κ2) is 8.28. The molecule has 3 saturated heterocycles. The first-order valence-corrected chi connectivity index (χ1v) is 12.0. The Morgan fingerprint density at radius 3 is 2.72 bits per heavy atom. The van der Waals surface area contributed by atoms with Crippen LogP contribution in [-0.2, 0) is 21.3 Å². The Bertz CT molecular complexity index is 1240. The fourth-order valence-corrected chi connectivity index (χ4v) is 5.91. The lowest BCUT2D eigenvalue weighted by atomic mass is 10.2. The van der Waals surface area contributed by atoms with Crippen LogP contribution >= 0.6 is 0 Å². The zero-order valence-electron chi connectivity index (χ0n) is 17.7. The van der Waals surface area contributed by atoms with Gasteiger partial charge < -0.3 is 14.5 Å². The van der Waals surface area contributed by atoms with Gasteiger partial charge in [0.2, 0.25) is 10.0 Å². The molecule has 1 amide bonds. The Morgan fingerprint density at radius 2 is 1.91 bits per heavy atom. The zero-order chi connectivity index (χ0) is 22.3. The molecule has 32 heavy (non-hydrogen) atoms. The van der Waals surface area contributed by atoms with Crippen molar-refractivity contribution >= 4 is 21.6 Å². The van der Waals surface area contributed by atoms with E-state index in [2.05, 4.69) is 15.2 Å². The van der Waals surface area contributed by atoms with Crippen molar-refractivity contribution in [3.05, 3.63) is 66.1 Å². The van der Waals surface area contributed by atoms with Gasteiger partial charge in [0.25, 0.3) is 5.91 Å². The lowest BCUT2D eigenvalue weighted by Gasteiger charge is -2.40. The van der Waals surface area contributed by atoms with Gasteiger partial charge in [-0.1, -0.05) is 12.1 Å². The second-order valence-corrected chi connectivity index (χ2v) is 10.2. The molecule has 9 nitrogen and oxygen atoms in total. The van der Waals surface area contributed by atoms with Gasteiger partial charge in [0.15, 0.2) is 0 Å². The largest absolute Gasteiger partial charge is 0.378 e. The first kappa shape index (κ1) is 21.1. The number of imidazole rings is 1. The predicted molar refractivity (Wildman–Crippen MR) is 118 cm³/mol. The highest BCUT2D eigenvalue weighted by Crippen LogP contribution is 2.26. The Morgan fingerprint density at radius 1 is 1.12 bits per heavy atom. The monoisotopic (exact) mass is 455 g/mol. The minimum absolute atomic E-state index is 0.0690. The van der Waals surface area contributed by atoms with E-state index in [-0.39, 0.29) is 22.9 Å². The number of pyridine rings is 1. The van der Waals surface area contributed by atoms with Crippen LogP contribution in [0.4, 0.5) is 0 Å². The highest BCUT2D eigenvalue weighted by atomic mass is 32.2. The van der Waals surface area contributed by atoms with E-state index in [1.54, 1.807) is 63.7 Å². The van der Waals surface area contributed by atoms with Crippen LogP contribution in [0.3, 0.4) is 0 Å². The highest BCUT2D eigenvalue weighted by Gasteiger charge is 2.41. The lowest BCUT2D eigenvalue weighted by molar-refractivity contribution is 0.0950. The molecule has 3 fully saturated rings. The maximum atomic E-state index is 13.3. The van der Waals surface area contributed by atoms with Crippen molar-refractivity contribution in [2.45, 2.75) is 23.5 Å². The van der Waals surface area contributed by atoms with Crippen molar-refractivity contribution in [1.29, 1.82) is 0 Å². The quantitative estimate of drug-likeness (QED) is 0.616. The third-order valence-corrected chi connectivity index (χ3v) is 8.11. The van der Waals surface area contributed by atoms with Crippen LogP contribution in [0, 0.1) is 0 Å². The van der Waals surface area contributed by atoms with Gasteiger partial charge in [-0.15, -0.1) is 0 Å². The molecular formula is C22H25N5O4S. The molecule has 10 heteroatoms. The van der Waals surface area contributed by atoms with E-state index in [4.69, 9.17) is 4.74 Å². The fraction of sp³-hybridized carbons (Fsp3) is 0.364. The molecule has 0 aliphatic carbocycles. The molecule has 3 aliphatic rings. The van der Waals surface area contributed by atoms with Crippen molar-refractivity contribution in [1.82, 2.24) is 23.9 Å². The number of ether oxygens (including phenoxy) is 1. The average Bonchev–Trinajstić information content (AvgIpc) is 3.07. The number of nitrogens with zero attached hydrogens (tertiary/aromatic N) is 4. The summed E-state index contributed by atoms with van der Waals surface area (Å²) >= 11 is 0. The summed E-state index contributed by atoms with van der Waals surface area (Å²) in [4.78, 5) is 19.1. The fourth-order valence-electron chi connectivity index (χ4n) is 4.27. The third-order valence-electron chi connectivity index (χ3n) is 6.17. The number of carbonyl (C=O) groups is 1. The molecular weight excluding hydrogens is 430 g/mol. The summed E-state index contributed by atoms with van der Waals surface area (Å²) in [6, 6.07) is 10.1. The van der Waals surface area contributed by atoms with E-state index in [9.17, 15) is 13.2 Å². The third kappa shape index (κ3) is 3.90. The van der Waals surface area contributed by atoms with Gasteiger partial charge in [-0.05, 0) is 36.9 Å². The molecule has 3 aliphatic heterocycles. The molecule has 0 saturated carbocycles. The molecule has 1 N–H and O–H groups in total. The minimum atomic E-state index is -3.62. The van der Waals surface area contributed by atoms with Crippen LogP contribution in [0.5, 0.6) is 0 Å². The van der Waals surface area contributed by atoms with Gasteiger partial charge in [0.1, 0.15) is 5.65 Å². The maximum absolute atomic E-state index is 13.3. The number of hydrogen-bond donors (Lipinski definition) is 1. The molecule has 0 radical (unpaired) electrons. The number of sulfonamides is 1. The van der Waals surface area contributed by atoms with Gasteiger partial charge >= 0.3 is 0 Å². The van der Waals surface area contributed by atoms with Crippen molar-refractivity contribution in [2.75, 3.05) is 33.4 Å². The van der Waals surface area contributed by atoms with Gasteiger partial charge in [0, 0.05) is 44.3 Å². The van der Waals surface area contributed by atoms with Crippen LogP contribution < -0.4 is 5.32 Å². The highest BCUT2D eigenvalue weighted by molar-refractivity contribution is 7.89. The summed E-state index contributed by atoms with van der Waals surface area (Å²) in [5.74, 6) is -0.206. The number of likely N-dealkylation sites (N-methyl/N-ethyl adjacent to an activating group) is 1. The van der Waals surface area contributed by atoms with Crippen molar-refractivity contribution in [2.24, 2.45) is 0 Å². The molecule has 2 unspecified atom stereocenters. The molecule has 0 spiro atoms. The number of fused-ring (bicyclic) bond motifs is 5. The van der Waals surface area contributed by atoms with Crippen LogP contribution in [-0.4, -0.2) is 78.3 Å². The second-order valence-electron chi connectivity index (χ2n) is 8.30. The number of carbonyl (C=O) groups excluding carboxylic acids is 1. The molecule has 168 valence electrons. The first-order chi connectivity index (χ1) is 15.4. The molecule has 2 atom stereocenters. The number of benzene rings is 1. The Kier molecular flexibility index (Phi) is 5.46. The van der Waals surface area contributed by atoms with E-state index in [1.807, 2.05) is 7.05 Å². The Labute approximate surface area is 186 Å². The van der Waals surface area contributed by atoms with E-state index < -0.39 is 10.0 Å². The van der Waals surface area contributed by atoms with Gasteiger partial charge in [-0.3, -0.25) is 9.69 Å². The topological polar surface area (TPSA) is 96.2 Å². The molecule has 2 bridgehead atoms. The van der Waals surface area contributed by atoms with Crippen molar-refractivity contribution < 1.29 is 17.9 Å². The van der Waals surface area contributed by atoms with E-state index >= 15 is 0 Å². The number of nitrogens with one attached hydrogen (secondary N) is 1.